The van der Waals surface area contributed by atoms with E-state index in [1.807, 2.05) is 26.0 Å². The zero-order valence-corrected chi connectivity index (χ0v) is 12.8. The Labute approximate surface area is 129 Å². The predicted molar refractivity (Wildman–Crippen MR) is 82.5 cm³/mol. The predicted octanol–water partition coefficient (Wildman–Crippen LogP) is 1.46. The maximum atomic E-state index is 12.0. The molecule has 2 atom stereocenters. The lowest BCUT2D eigenvalue weighted by molar-refractivity contribution is -0.124. The zero-order valence-electron chi connectivity index (χ0n) is 12.8. The third kappa shape index (κ3) is 2.66. The van der Waals surface area contributed by atoms with Crippen LogP contribution < -0.4 is 21.1 Å². The Kier molecular flexibility index (Phi) is 3.56. The lowest BCUT2D eigenvalue weighted by Gasteiger charge is -2.26. The van der Waals surface area contributed by atoms with Crippen LogP contribution in [0.4, 0.5) is 5.69 Å². The van der Waals surface area contributed by atoms with Gasteiger partial charge in [-0.2, -0.15) is 0 Å². The summed E-state index contributed by atoms with van der Waals surface area (Å²) in [6.07, 6.45) is 1.62. The highest BCUT2D eigenvalue weighted by Crippen LogP contribution is 2.35. The van der Waals surface area contributed by atoms with Crippen molar-refractivity contribution in [1.29, 1.82) is 0 Å². The Morgan fingerprint density at radius 1 is 1.55 bits per heavy atom. The summed E-state index contributed by atoms with van der Waals surface area (Å²) in [6, 6.07) is 5.36. The van der Waals surface area contributed by atoms with E-state index in [0.29, 0.717) is 17.9 Å². The van der Waals surface area contributed by atoms with Crippen molar-refractivity contribution in [2.24, 2.45) is 5.73 Å². The van der Waals surface area contributed by atoms with Crippen molar-refractivity contribution in [3.63, 3.8) is 0 Å². The molecule has 22 heavy (non-hydrogen) atoms. The maximum absolute atomic E-state index is 12.0. The number of hydrogen-bond donors (Lipinski definition) is 3. The maximum Gasteiger partial charge on any atom is 0.265 e. The molecule has 6 nitrogen and oxygen atoms in total. The van der Waals surface area contributed by atoms with Crippen molar-refractivity contribution in [3.8, 4) is 5.75 Å². The second-order valence-corrected chi connectivity index (χ2v) is 6.11. The Balaban J connectivity index is 1.75. The van der Waals surface area contributed by atoms with Crippen molar-refractivity contribution >= 4 is 17.5 Å². The lowest BCUT2D eigenvalue weighted by Crippen LogP contribution is -2.43. The van der Waals surface area contributed by atoms with Crippen LogP contribution in [0.5, 0.6) is 5.75 Å². The Bertz CT molecular complexity index is 625. The monoisotopic (exact) mass is 303 g/mol. The fraction of sp³-hybridized carbons (Fsp3) is 0.500. The van der Waals surface area contributed by atoms with Gasteiger partial charge in [0.25, 0.3) is 5.91 Å². The molecule has 2 amide bonds. The van der Waals surface area contributed by atoms with Gasteiger partial charge in [0.1, 0.15) is 5.75 Å². The highest BCUT2D eigenvalue weighted by molar-refractivity contribution is 5.97. The van der Waals surface area contributed by atoms with Crippen LogP contribution in [0, 0.1) is 0 Å². The Morgan fingerprint density at radius 2 is 2.27 bits per heavy atom. The van der Waals surface area contributed by atoms with Crippen LogP contribution >= 0.6 is 0 Å². The third-order valence-electron chi connectivity index (χ3n) is 4.28. The van der Waals surface area contributed by atoms with Crippen LogP contribution in [-0.4, -0.2) is 23.5 Å². The lowest BCUT2D eigenvalue weighted by atomic mass is 10.1. The van der Waals surface area contributed by atoms with Gasteiger partial charge in [0.05, 0.1) is 17.3 Å². The first-order chi connectivity index (χ1) is 10.4. The molecule has 3 rings (SSSR count). The van der Waals surface area contributed by atoms with Crippen LogP contribution in [0.3, 0.4) is 0 Å². The number of nitrogens with two attached hydrogens (primary N) is 1. The second kappa shape index (κ2) is 5.28. The summed E-state index contributed by atoms with van der Waals surface area (Å²) in [5.74, 6) is 0.403. The van der Waals surface area contributed by atoms with Crippen molar-refractivity contribution in [1.82, 2.24) is 5.32 Å². The molecular weight excluding hydrogens is 282 g/mol. The first kappa shape index (κ1) is 14.8. The topological polar surface area (TPSA) is 93.4 Å². The van der Waals surface area contributed by atoms with E-state index in [0.717, 1.165) is 18.4 Å². The summed E-state index contributed by atoms with van der Waals surface area (Å²) in [7, 11) is 0. The highest BCUT2D eigenvalue weighted by Gasteiger charge is 2.46. The molecule has 1 aliphatic heterocycles. The third-order valence-corrected chi connectivity index (χ3v) is 4.28. The number of hydrogen-bond acceptors (Lipinski definition) is 4. The average Bonchev–Trinajstić information content (AvgIpc) is 3.25. The molecule has 1 fully saturated rings. The molecule has 0 saturated heterocycles. The fourth-order valence-electron chi connectivity index (χ4n) is 2.48. The van der Waals surface area contributed by atoms with E-state index in [1.165, 1.54) is 0 Å². The van der Waals surface area contributed by atoms with Crippen LogP contribution in [0.25, 0.3) is 0 Å². The summed E-state index contributed by atoms with van der Waals surface area (Å²) >= 11 is 0. The van der Waals surface area contributed by atoms with E-state index in [9.17, 15) is 9.59 Å². The van der Waals surface area contributed by atoms with E-state index in [-0.39, 0.29) is 17.9 Å². The van der Waals surface area contributed by atoms with Crippen LogP contribution in [0.2, 0.25) is 0 Å². The number of amides is 2. The highest BCUT2D eigenvalue weighted by atomic mass is 16.5. The van der Waals surface area contributed by atoms with Crippen molar-refractivity contribution in [2.75, 3.05) is 5.32 Å². The molecule has 0 radical (unpaired) electrons. The van der Waals surface area contributed by atoms with Crippen LogP contribution in [-0.2, 0) is 9.59 Å². The molecule has 0 spiro atoms. The number of anilines is 1. The van der Waals surface area contributed by atoms with E-state index >= 15 is 0 Å². The van der Waals surface area contributed by atoms with Gasteiger partial charge in [-0.3, -0.25) is 9.59 Å². The molecule has 6 heteroatoms. The quantitative estimate of drug-likeness (QED) is 0.785. The molecular formula is C16H21N3O3. The van der Waals surface area contributed by atoms with E-state index in [1.54, 1.807) is 6.07 Å². The molecule has 1 heterocycles. The van der Waals surface area contributed by atoms with E-state index in [2.05, 4.69) is 10.6 Å². The summed E-state index contributed by atoms with van der Waals surface area (Å²) in [4.78, 5) is 23.8. The SMILES string of the molecule is CCC1Oc2cc(C(C)NC(=O)C3(N)CC3)ccc2NC1=O. The smallest absolute Gasteiger partial charge is 0.265 e. The molecule has 1 aromatic rings. The standard InChI is InChI=1S/C16H21N3O3/c1-3-12-14(20)19-11-5-4-10(8-13(11)22-12)9(2)18-15(21)16(17)6-7-16/h4-5,8-9,12H,3,6-7,17H2,1-2H3,(H,18,21)(H,19,20). The van der Waals surface area contributed by atoms with Gasteiger partial charge in [0, 0.05) is 0 Å². The van der Waals surface area contributed by atoms with Crippen molar-refractivity contribution in [3.05, 3.63) is 23.8 Å². The minimum absolute atomic E-state index is 0.113. The number of nitrogens with one attached hydrogen (secondary N) is 2. The van der Waals surface area contributed by atoms with Gasteiger partial charge in [-0.15, -0.1) is 0 Å². The van der Waals surface area contributed by atoms with E-state index < -0.39 is 11.6 Å². The molecule has 2 unspecified atom stereocenters. The van der Waals surface area contributed by atoms with Crippen molar-refractivity contribution in [2.45, 2.75) is 50.8 Å². The number of fused-ring (bicyclic) bond motifs is 1. The summed E-state index contributed by atoms with van der Waals surface area (Å²) in [6.45, 7) is 3.81. The Hall–Kier alpha value is -2.08. The van der Waals surface area contributed by atoms with Gasteiger partial charge in [0.15, 0.2) is 6.10 Å². The minimum atomic E-state index is -0.680. The fourth-order valence-corrected chi connectivity index (χ4v) is 2.48. The number of rotatable bonds is 4. The van der Waals surface area contributed by atoms with Crippen LogP contribution in [0.15, 0.2) is 18.2 Å². The van der Waals surface area contributed by atoms with Crippen molar-refractivity contribution < 1.29 is 14.3 Å². The van der Waals surface area contributed by atoms with Gasteiger partial charge in [-0.25, -0.2) is 0 Å². The minimum Gasteiger partial charge on any atom is -0.478 e. The summed E-state index contributed by atoms with van der Waals surface area (Å²) in [5, 5.41) is 5.76. The molecule has 4 N–H and O–H groups in total. The average molecular weight is 303 g/mol. The largest absolute Gasteiger partial charge is 0.478 e. The summed E-state index contributed by atoms with van der Waals surface area (Å²) < 4.78 is 5.72. The molecule has 1 aliphatic carbocycles. The first-order valence-corrected chi connectivity index (χ1v) is 7.64. The molecule has 0 aromatic heterocycles. The molecule has 2 aliphatic rings. The number of ether oxygens (including phenoxy) is 1. The van der Waals surface area contributed by atoms with Gasteiger partial charge in [-0.05, 0) is 43.9 Å². The first-order valence-electron chi connectivity index (χ1n) is 7.64. The number of carbonyl (C=O) groups excluding carboxylic acids is 2. The molecule has 118 valence electrons. The molecule has 0 bridgehead atoms. The molecule has 1 saturated carbocycles. The Morgan fingerprint density at radius 3 is 2.91 bits per heavy atom. The number of carbonyl (C=O) groups is 2. The van der Waals surface area contributed by atoms with Gasteiger partial charge in [-0.1, -0.05) is 13.0 Å². The number of benzene rings is 1. The van der Waals surface area contributed by atoms with Gasteiger partial charge >= 0.3 is 0 Å². The van der Waals surface area contributed by atoms with Crippen LogP contribution in [0.1, 0.15) is 44.7 Å². The second-order valence-electron chi connectivity index (χ2n) is 6.11. The normalized spacial score (nSPS) is 22.9. The van der Waals surface area contributed by atoms with Gasteiger partial charge < -0.3 is 21.1 Å². The van der Waals surface area contributed by atoms with E-state index in [4.69, 9.17) is 10.5 Å². The molecule has 1 aromatic carbocycles. The summed E-state index contributed by atoms with van der Waals surface area (Å²) in [5.41, 5.74) is 6.79. The van der Waals surface area contributed by atoms with Gasteiger partial charge in [0.2, 0.25) is 5.91 Å². The zero-order chi connectivity index (χ0) is 15.9.